The van der Waals surface area contributed by atoms with Crippen molar-refractivity contribution in [3.8, 4) is 0 Å². The molecule has 0 radical (unpaired) electrons. The van der Waals surface area contributed by atoms with E-state index in [2.05, 4.69) is 23.3 Å². The zero-order chi connectivity index (χ0) is 11.4. The van der Waals surface area contributed by atoms with Gasteiger partial charge < -0.3 is 10.0 Å². The second-order valence-electron chi connectivity index (χ2n) is 3.99. The van der Waals surface area contributed by atoms with Crippen LogP contribution < -0.4 is 4.90 Å². The number of aliphatic carboxylic acids is 1. The standard InChI is InChI=1S/C11H17NO2S/c1-8(6-10(13)14)7-12(3)11-9(2)4-5-15-11/h4-5,8H,6-7H2,1-3H3,(H,13,14). The Hall–Kier alpha value is -1.03. The van der Waals surface area contributed by atoms with E-state index in [1.54, 1.807) is 11.3 Å². The summed E-state index contributed by atoms with van der Waals surface area (Å²) < 4.78 is 0. The predicted molar refractivity (Wildman–Crippen MR) is 63.7 cm³/mol. The molecule has 0 fully saturated rings. The second kappa shape index (κ2) is 5.16. The first-order valence-electron chi connectivity index (χ1n) is 4.97. The van der Waals surface area contributed by atoms with Crippen LogP contribution >= 0.6 is 11.3 Å². The van der Waals surface area contributed by atoms with Crippen molar-refractivity contribution in [3.63, 3.8) is 0 Å². The van der Waals surface area contributed by atoms with E-state index >= 15 is 0 Å². The van der Waals surface area contributed by atoms with E-state index < -0.39 is 5.97 Å². The maximum Gasteiger partial charge on any atom is 0.303 e. The quantitative estimate of drug-likeness (QED) is 0.840. The lowest BCUT2D eigenvalue weighted by molar-refractivity contribution is -0.137. The molecule has 0 saturated carbocycles. The third kappa shape index (κ3) is 3.55. The predicted octanol–water partition coefficient (Wildman–Crippen LogP) is 2.60. The maximum absolute atomic E-state index is 10.5. The number of hydrogen-bond acceptors (Lipinski definition) is 3. The molecule has 0 bridgehead atoms. The van der Waals surface area contributed by atoms with Crippen molar-refractivity contribution in [1.29, 1.82) is 0 Å². The van der Waals surface area contributed by atoms with Crippen LogP contribution in [-0.4, -0.2) is 24.7 Å². The van der Waals surface area contributed by atoms with Gasteiger partial charge in [-0.15, -0.1) is 11.3 Å². The number of carboxylic acid groups (broad SMARTS) is 1. The van der Waals surface area contributed by atoms with Crippen LogP contribution in [0.2, 0.25) is 0 Å². The highest BCUT2D eigenvalue weighted by Gasteiger charge is 2.12. The molecule has 3 nitrogen and oxygen atoms in total. The van der Waals surface area contributed by atoms with Gasteiger partial charge in [0.15, 0.2) is 0 Å². The van der Waals surface area contributed by atoms with E-state index in [1.165, 1.54) is 10.6 Å². The fourth-order valence-corrected chi connectivity index (χ4v) is 2.58. The summed E-state index contributed by atoms with van der Waals surface area (Å²) in [6, 6.07) is 2.08. The van der Waals surface area contributed by atoms with Crippen molar-refractivity contribution >= 4 is 22.3 Å². The summed E-state index contributed by atoms with van der Waals surface area (Å²) in [5, 5.41) is 12.0. The molecule has 0 spiro atoms. The lowest BCUT2D eigenvalue weighted by Gasteiger charge is -2.21. The van der Waals surface area contributed by atoms with Crippen molar-refractivity contribution in [3.05, 3.63) is 17.0 Å². The van der Waals surface area contributed by atoms with E-state index in [0.717, 1.165) is 6.54 Å². The van der Waals surface area contributed by atoms with Crippen molar-refractivity contribution in [2.45, 2.75) is 20.3 Å². The largest absolute Gasteiger partial charge is 0.481 e. The van der Waals surface area contributed by atoms with Gasteiger partial charge in [-0.2, -0.15) is 0 Å². The minimum atomic E-state index is -0.723. The fourth-order valence-electron chi connectivity index (χ4n) is 1.67. The monoisotopic (exact) mass is 227 g/mol. The molecule has 0 amide bonds. The van der Waals surface area contributed by atoms with Crippen LogP contribution in [0.15, 0.2) is 11.4 Å². The van der Waals surface area contributed by atoms with Crippen LogP contribution in [0.5, 0.6) is 0 Å². The van der Waals surface area contributed by atoms with Gasteiger partial charge in [-0.1, -0.05) is 6.92 Å². The molecule has 0 saturated heterocycles. The molecule has 1 aromatic rings. The third-order valence-corrected chi connectivity index (χ3v) is 3.42. The van der Waals surface area contributed by atoms with E-state index in [9.17, 15) is 4.79 Å². The summed E-state index contributed by atoms with van der Waals surface area (Å²) in [6.07, 6.45) is 0.231. The molecule has 1 N–H and O–H groups in total. The summed E-state index contributed by atoms with van der Waals surface area (Å²) in [4.78, 5) is 12.7. The van der Waals surface area contributed by atoms with Crippen LogP contribution in [-0.2, 0) is 4.79 Å². The summed E-state index contributed by atoms with van der Waals surface area (Å²) in [6.45, 7) is 4.82. The number of carboxylic acids is 1. The van der Waals surface area contributed by atoms with Crippen LogP contribution in [0.3, 0.4) is 0 Å². The second-order valence-corrected chi connectivity index (χ2v) is 4.89. The average Bonchev–Trinajstić information content (AvgIpc) is 2.49. The highest BCUT2D eigenvalue weighted by molar-refractivity contribution is 7.14. The first-order chi connectivity index (χ1) is 7.00. The Morgan fingerprint density at radius 3 is 2.80 bits per heavy atom. The van der Waals surface area contributed by atoms with Gasteiger partial charge in [0.1, 0.15) is 0 Å². The number of thiophene rings is 1. The molecule has 0 aliphatic carbocycles. The van der Waals surface area contributed by atoms with Gasteiger partial charge in [0.2, 0.25) is 0 Å². The summed E-state index contributed by atoms with van der Waals surface area (Å²) in [5.74, 6) is -0.548. The van der Waals surface area contributed by atoms with Gasteiger partial charge in [-0.3, -0.25) is 4.79 Å². The first kappa shape index (κ1) is 12.0. The Labute approximate surface area is 94.3 Å². The lowest BCUT2D eigenvalue weighted by Crippen LogP contribution is -2.25. The van der Waals surface area contributed by atoms with Crippen LogP contribution in [0.4, 0.5) is 5.00 Å². The van der Waals surface area contributed by atoms with E-state index in [4.69, 9.17) is 5.11 Å². The lowest BCUT2D eigenvalue weighted by atomic mass is 10.1. The number of carbonyl (C=O) groups is 1. The van der Waals surface area contributed by atoms with Crippen LogP contribution in [0.1, 0.15) is 18.9 Å². The summed E-state index contributed by atoms with van der Waals surface area (Å²) >= 11 is 1.70. The number of rotatable bonds is 5. The highest BCUT2D eigenvalue weighted by Crippen LogP contribution is 2.26. The van der Waals surface area contributed by atoms with E-state index in [1.807, 2.05) is 14.0 Å². The molecule has 0 aromatic carbocycles. The smallest absolute Gasteiger partial charge is 0.303 e. The molecule has 1 atom stereocenters. The van der Waals surface area contributed by atoms with Crippen molar-refractivity contribution in [2.24, 2.45) is 5.92 Å². The molecule has 1 rings (SSSR count). The van der Waals surface area contributed by atoms with Crippen molar-refractivity contribution in [1.82, 2.24) is 0 Å². The van der Waals surface area contributed by atoms with Crippen LogP contribution in [0.25, 0.3) is 0 Å². The van der Waals surface area contributed by atoms with Gasteiger partial charge in [0.25, 0.3) is 0 Å². The summed E-state index contributed by atoms with van der Waals surface area (Å²) in [7, 11) is 2.01. The average molecular weight is 227 g/mol. The molecule has 1 unspecified atom stereocenters. The third-order valence-electron chi connectivity index (χ3n) is 2.29. The first-order valence-corrected chi connectivity index (χ1v) is 5.85. The van der Waals surface area contributed by atoms with Gasteiger partial charge in [0, 0.05) is 20.0 Å². The van der Waals surface area contributed by atoms with Crippen molar-refractivity contribution in [2.75, 3.05) is 18.5 Å². The van der Waals surface area contributed by atoms with Gasteiger partial charge in [-0.05, 0) is 29.9 Å². The Bertz CT molecular complexity index is 335. The van der Waals surface area contributed by atoms with E-state index in [-0.39, 0.29) is 12.3 Å². The topological polar surface area (TPSA) is 40.5 Å². The zero-order valence-corrected chi connectivity index (χ0v) is 10.2. The number of aryl methyl sites for hydroxylation is 1. The van der Waals surface area contributed by atoms with E-state index in [0.29, 0.717) is 0 Å². The van der Waals surface area contributed by atoms with Gasteiger partial charge in [0.05, 0.1) is 5.00 Å². The van der Waals surface area contributed by atoms with Gasteiger partial charge >= 0.3 is 5.97 Å². The molecule has 0 aliphatic heterocycles. The molecule has 1 aromatic heterocycles. The fraction of sp³-hybridized carbons (Fsp3) is 0.545. The van der Waals surface area contributed by atoms with Gasteiger partial charge in [-0.25, -0.2) is 0 Å². The van der Waals surface area contributed by atoms with Crippen molar-refractivity contribution < 1.29 is 9.90 Å². The highest BCUT2D eigenvalue weighted by atomic mass is 32.1. The zero-order valence-electron chi connectivity index (χ0n) is 9.36. The SMILES string of the molecule is Cc1ccsc1N(C)CC(C)CC(=O)O. The number of hydrogen-bond donors (Lipinski definition) is 1. The Balaban J connectivity index is 2.52. The Kier molecular flexibility index (Phi) is 4.15. The number of nitrogens with zero attached hydrogens (tertiary/aromatic N) is 1. The van der Waals surface area contributed by atoms with Crippen LogP contribution in [0, 0.1) is 12.8 Å². The molecule has 15 heavy (non-hydrogen) atoms. The molecular formula is C11H17NO2S. The minimum absolute atomic E-state index is 0.175. The Morgan fingerprint density at radius 1 is 1.67 bits per heavy atom. The number of anilines is 1. The minimum Gasteiger partial charge on any atom is -0.481 e. The molecule has 4 heteroatoms. The molecule has 0 aliphatic rings. The Morgan fingerprint density at radius 2 is 2.33 bits per heavy atom. The maximum atomic E-state index is 10.5. The molecule has 84 valence electrons. The summed E-state index contributed by atoms with van der Waals surface area (Å²) in [5.41, 5.74) is 1.25. The normalized spacial score (nSPS) is 12.5. The molecular weight excluding hydrogens is 210 g/mol. The molecule has 1 heterocycles.